The van der Waals surface area contributed by atoms with E-state index in [1.165, 1.54) is 0 Å². The van der Waals surface area contributed by atoms with Gasteiger partial charge in [-0.2, -0.15) is 4.80 Å². The van der Waals surface area contributed by atoms with Gasteiger partial charge in [-0.25, -0.2) is 0 Å². The topological polar surface area (TPSA) is 69.0 Å². The number of rotatable bonds is 5. The van der Waals surface area contributed by atoms with E-state index in [1.54, 1.807) is 23.0 Å². The van der Waals surface area contributed by atoms with Crippen molar-refractivity contribution in [2.24, 2.45) is 0 Å². The minimum atomic E-state index is -0.195. The molecular formula is C22H20N4O2. The summed E-state index contributed by atoms with van der Waals surface area (Å²) in [5.74, 6) is 0.479. The van der Waals surface area contributed by atoms with Crippen LogP contribution in [0.3, 0.4) is 0 Å². The summed E-state index contributed by atoms with van der Waals surface area (Å²) in [4.78, 5) is 14.3. The Bertz CT molecular complexity index is 1140. The predicted molar refractivity (Wildman–Crippen MR) is 109 cm³/mol. The van der Waals surface area contributed by atoms with Gasteiger partial charge in [-0.3, -0.25) is 4.79 Å². The average Bonchev–Trinajstić information content (AvgIpc) is 3.12. The first-order chi connectivity index (χ1) is 13.6. The number of aryl methyl sites for hydroxylation is 1. The van der Waals surface area contributed by atoms with Gasteiger partial charge >= 0.3 is 0 Å². The van der Waals surface area contributed by atoms with Crippen LogP contribution in [-0.2, 0) is 0 Å². The molecule has 6 heteroatoms. The van der Waals surface area contributed by atoms with E-state index in [0.717, 1.165) is 16.8 Å². The van der Waals surface area contributed by atoms with E-state index in [1.807, 2.05) is 62.4 Å². The quantitative estimate of drug-likeness (QED) is 0.564. The van der Waals surface area contributed by atoms with Gasteiger partial charge in [-0.1, -0.05) is 24.3 Å². The molecule has 1 heterocycles. The number of anilines is 1. The minimum Gasteiger partial charge on any atom is -0.494 e. The number of hydrogen-bond acceptors (Lipinski definition) is 4. The third-order valence-corrected chi connectivity index (χ3v) is 4.37. The molecule has 0 bridgehead atoms. The van der Waals surface area contributed by atoms with Crippen molar-refractivity contribution in [3.8, 4) is 11.4 Å². The fourth-order valence-corrected chi connectivity index (χ4v) is 2.97. The predicted octanol–water partition coefficient (Wildman–Crippen LogP) is 4.38. The van der Waals surface area contributed by atoms with Gasteiger partial charge in [0.15, 0.2) is 0 Å². The molecule has 0 radical (unpaired) electrons. The molecule has 6 nitrogen and oxygen atoms in total. The summed E-state index contributed by atoms with van der Waals surface area (Å²) in [6, 6.07) is 20.6. The molecule has 0 fully saturated rings. The molecule has 0 aliphatic carbocycles. The lowest BCUT2D eigenvalue weighted by atomic mass is 10.1. The number of aromatic nitrogens is 3. The number of carbonyl (C=O) groups is 1. The second-order valence-electron chi connectivity index (χ2n) is 6.40. The van der Waals surface area contributed by atoms with Gasteiger partial charge in [-0.05, 0) is 61.9 Å². The van der Waals surface area contributed by atoms with Crippen molar-refractivity contribution >= 4 is 22.6 Å². The molecular weight excluding hydrogens is 352 g/mol. The number of para-hydroxylation sites is 1. The van der Waals surface area contributed by atoms with Crippen LogP contribution in [0.1, 0.15) is 22.8 Å². The fraction of sp³-hybridized carbons (Fsp3) is 0.136. The van der Waals surface area contributed by atoms with E-state index in [9.17, 15) is 4.79 Å². The highest BCUT2D eigenvalue weighted by Gasteiger charge is 2.12. The summed E-state index contributed by atoms with van der Waals surface area (Å²) in [7, 11) is 0. The number of benzene rings is 3. The summed E-state index contributed by atoms with van der Waals surface area (Å²) < 4.78 is 5.47. The number of amides is 1. The van der Waals surface area contributed by atoms with Crippen LogP contribution in [0.25, 0.3) is 16.7 Å². The summed E-state index contributed by atoms with van der Waals surface area (Å²) in [5.41, 5.74) is 4.54. The maximum Gasteiger partial charge on any atom is 0.255 e. The number of carbonyl (C=O) groups excluding carboxylic acids is 1. The average molecular weight is 372 g/mol. The highest BCUT2D eigenvalue weighted by Crippen LogP contribution is 2.23. The molecule has 140 valence electrons. The molecule has 0 aliphatic rings. The lowest BCUT2D eigenvalue weighted by Crippen LogP contribution is -2.13. The highest BCUT2D eigenvalue weighted by molar-refractivity contribution is 6.05. The molecule has 0 atom stereocenters. The first-order valence-corrected chi connectivity index (χ1v) is 9.11. The number of fused-ring (bicyclic) bond motifs is 1. The van der Waals surface area contributed by atoms with Crippen molar-refractivity contribution in [1.29, 1.82) is 0 Å². The maximum atomic E-state index is 12.7. The van der Waals surface area contributed by atoms with Gasteiger partial charge in [0.1, 0.15) is 16.8 Å². The Morgan fingerprint density at radius 2 is 1.75 bits per heavy atom. The van der Waals surface area contributed by atoms with Crippen LogP contribution in [0, 0.1) is 6.92 Å². The molecule has 1 aromatic heterocycles. The Balaban J connectivity index is 1.62. The van der Waals surface area contributed by atoms with Gasteiger partial charge in [0, 0.05) is 11.3 Å². The van der Waals surface area contributed by atoms with E-state index >= 15 is 0 Å². The summed E-state index contributed by atoms with van der Waals surface area (Å²) in [6.07, 6.45) is 0. The van der Waals surface area contributed by atoms with Gasteiger partial charge in [0.05, 0.1) is 12.3 Å². The SMILES string of the molecule is CCOc1cccc(C(=O)Nc2cc3nn(-c4ccccc4)nc3cc2C)c1. The molecule has 0 aliphatic heterocycles. The Kier molecular flexibility index (Phi) is 4.76. The van der Waals surface area contributed by atoms with Gasteiger partial charge in [0.25, 0.3) is 5.91 Å². The summed E-state index contributed by atoms with van der Waals surface area (Å²) >= 11 is 0. The molecule has 0 saturated heterocycles. The Hall–Kier alpha value is -3.67. The van der Waals surface area contributed by atoms with Crippen molar-refractivity contribution in [2.45, 2.75) is 13.8 Å². The summed E-state index contributed by atoms with van der Waals surface area (Å²) in [5, 5.41) is 12.0. The summed E-state index contributed by atoms with van der Waals surface area (Å²) in [6.45, 7) is 4.40. The van der Waals surface area contributed by atoms with Crippen LogP contribution < -0.4 is 10.1 Å². The van der Waals surface area contributed by atoms with Crippen LogP contribution in [0.4, 0.5) is 5.69 Å². The van der Waals surface area contributed by atoms with E-state index in [-0.39, 0.29) is 5.91 Å². The van der Waals surface area contributed by atoms with Crippen LogP contribution in [0.2, 0.25) is 0 Å². The first-order valence-electron chi connectivity index (χ1n) is 9.11. The molecule has 0 spiro atoms. The molecule has 1 amide bonds. The van der Waals surface area contributed by atoms with Crippen molar-refractivity contribution in [2.75, 3.05) is 11.9 Å². The lowest BCUT2D eigenvalue weighted by molar-refractivity contribution is 0.102. The second-order valence-corrected chi connectivity index (χ2v) is 6.40. The van der Waals surface area contributed by atoms with Crippen LogP contribution in [0.5, 0.6) is 5.75 Å². The largest absolute Gasteiger partial charge is 0.494 e. The standard InChI is InChI=1S/C22H20N4O2/c1-3-28-18-11-7-8-16(13-18)22(27)23-19-14-21-20(12-15(19)2)24-26(25-21)17-9-5-4-6-10-17/h4-14H,3H2,1-2H3,(H,23,27). The smallest absolute Gasteiger partial charge is 0.255 e. The monoisotopic (exact) mass is 372 g/mol. The molecule has 28 heavy (non-hydrogen) atoms. The molecule has 0 saturated carbocycles. The van der Waals surface area contributed by atoms with Crippen molar-refractivity contribution in [3.63, 3.8) is 0 Å². The molecule has 3 aromatic carbocycles. The maximum absolute atomic E-state index is 12.7. The van der Waals surface area contributed by atoms with Crippen molar-refractivity contribution < 1.29 is 9.53 Å². The molecule has 0 unspecified atom stereocenters. The number of nitrogens with zero attached hydrogens (tertiary/aromatic N) is 3. The Morgan fingerprint density at radius 1 is 1.00 bits per heavy atom. The zero-order valence-electron chi connectivity index (χ0n) is 15.7. The van der Waals surface area contributed by atoms with Crippen molar-refractivity contribution in [3.05, 3.63) is 77.9 Å². The zero-order valence-corrected chi connectivity index (χ0v) is 15.7. The van der Waals surface area contributed by atoms with Crippen molar-refractivity contribution in [1.82, 2.24) is 15.0 Å². The number of ether oxygens (including phenoxy) is 1. The third-order valence-electron chi connectivity index (χ3n) is 4.37. The first kappa shape index (κ1) is 17.7. The zero-order chi connectivity index (χ0) is 19.5. The van der Waals surface area contributed by atoms with E-state index in [4.69, 9.17) is 4.74 Å². The number of hydrogen-bond donors (Lipinski definition) is 1. The minimum absolute atomic E-state index is 0.195. The highest BCUT2D eigenvalue weighted by atomic mass is 16.5. The molecule has 1 N–H and O–H groups in total. The lowest BCUT2D eigenvalue weighted by Gasteiger charge is -2.09. The molecule has 4 aromatic rings. The Morgan fingerprint density at radius 3 is 2.50 bits per heavy atom. The van der Waals surface area contributed by atoms with Crippen LogP contribution in [-0.4, -0.2) is 27.5 Å². The van der Waals surface area contributed by atoms with Crippen LogP contribution >= 0.6 is 0 Å². The van der Waals surface area contributed by atoms with E-state index in [0.29, 0.717) is 29.1 Å². The van der Waals surface area contributed by atoms with Gasteiger partial charge in [0.2, 0.25) is 0 Å². The van der Waals surface area contributed by atoms with Gasteiger partial charge < -0.3 is 10.1 Å². The Labute approximate surface area is 162 Å². The van der Waals surface area contributed by atoms with E-state index in [2.05, 4.69) is 15.5 Å². The van der Waals surface area contributed by atoms with Crippen LogP contribution in [0.15, 0.2) is 66.7 Å². The normalized spacial score (nSPS) is 10.8. The van der Waals surface area contributed by atoms with Gasteiger partial charge in [-0.15, -0.1) is 10.2 Å². The second kappa shape index (κ2) is 7.52. The van der Waals surface area contributed by atoms with E-state index < -0.39 is 0 Å². The fourth-order valence-electron chi connectivity index (χ4n) is 2.97. The third kappa shape index (κ3) is 3.57. The molecule has 4 rings (SSSR count). The number of nitrogens with one attached hydrogen (secondary N) is 1.